The molecule has 3 aromatic carbocycles. The number of likely N-dealkylation sites (tertiary alicyclic amines) is 1. The summed E-state index contributed by atoms with van der Waals surface area (Å²) in [6, 6.07) is 14.9. The van der Waals surface area contributed by atoms with E-state index in [0.717, 1.165) is 50.3 Å². The van der Waals surface area contributed by atoms with Crippen LogP contribution in [0.4, 0.5) is 13.2 Å². The van der Waals surface area contributed by atoms with Gasteiger partial charge < -0.3 is 49.3 Å². The zero-order chi connectivity index (χ0) is 52.5. The number of alkyl halides is 1. The minimum absolute atomic E-state index is 0.00957. The highest BCUT2D eigenvalue weighted by Gasteiger charge is 2.45. The van der Waals surface area contributed by atoms with Crippen LogP contribution in [-0.4, -0.2) is 145 Å². The largest absolute Gasteiger partial charge is 0.491 e. The fraction of sp³-hybridized carbons (Fsp3) is 0.519. The molecule has 0 radical (unpaired) electrons. The topological polar surface area (TPSA) is 177 Å². The number of benzene rings is 3. The van der Waals surface area contributed by atoms with Gasteiger partial charge in [0.05, 0.1) is 74.5 Å². The first-order valence-corrected chi connectivity index (χ1v) is 25.7. The van der Waals surface area contributed by atoms with E-state index >= 15 is 13.2 Å². The average molecular weight is 1040 g/mol. The zero-order valence-corrected chi connectivity index (χ0v) is 43.6. The van der Waals surface area contributed by atoms with E-state index in [1.165, 1.54) is 18.7 Å². The van der Waals surface area contributed by atoms with Crippen molar-refractivity contribution < 1.29 is 56.3 Å². The Morgan fingerprint density at radius 1 is 0.904 bits per heavy atom. The van der Waals surface area contributed by atoms with E-state index in [0.29, 0.717) is 12.1 Å². The van der Waals surface area contributed by atoms with E-state index in [9.17, 15) is 19.5 Å². The fourth-order valence-electron chi connectivity index (χ4n) is 9.43. The number of fused-ring (bicyclic) bond motifs is 3. The van der Waals surface area contributed by atoms with Gasteiger partial charge in [-0.25, -0.2) is 18.2 Å². The molecule has 15 nitrogen and oxygen atoms in total. The van der Waals surface area contributed by atoms with Gasteiger partial charge in [-0.2, -0.15) is 0 Å². The maximum atomic E-state index is 16.0. The van der Waals surface area contributed by atoms with E-state index in [2.05, 4.69) is 20.6 Å². The number of rotatable bonds is 24. The maximum Gasteiger partial charge on any atom is 0.246 e. The van der Waals surface area contributed by atoms with Crippen molar-refractivity contribution in [1.29, 1.82) is 0 Å². The third-order valence-electron chi connectivity index (χ3n) is 13.0. The Bertz CT molecular complexity index is 2630. The number of nitrogens with zero attached hydrogens (tertiary/aromatic N) is 3. The molecule has 5 atom stereocenters. The van der Waals surface area contributed by atoms with Crippen molar-refractivity contribution in [2.45, 2.75) is 104 Å². The van der Waals surface area contributed by atoms with Gasteiger partial charge >= 0.3 is 0 Å². The Hall–Kier alpha value is -5.41. The number of carbonyl (C=O) groups is 3. The number of H-pyrrole nitrogens is 1. The number of aromatic amines is 1. The molecule has 1 fully saturated rings. The number of ether oxygens (including phenoxy) is 5. The number of hydrogen-bond donors (Lipinski definition) is 4. The molecule has 0 saturated carbocycles. The number of β-amino-alcohol motifs (C(OH)–C–C–N with tert-alkyl or cyclic N) is 1. The number of aromatic nitrogens is 2. The van der Waals surface area contributed by atoms with Crippen LogP contribution in [0.1, 0.15) is 82.1 Å². The second-order valence-electron chi connectivity index (χ2n) is 20.4. The molecular formula is C54H69F3N6O9S. The van der Waals surface area contributed by atoms with E-state index in [-0.39, 0.29) is 103 Å². The van der Waals surface area contributed by atoms with Crippen LogP contribution in [-0.2, 0) is 46.3 Å². The van der Waals surface area contributed by atoms with E-state index < -0.39 is 64.7 Å². The zero-order valence-electron chi connectivity index (χ0n) is 42.7. The number of nitrogens with one attached hydrogen (secondary N) is 3. The van der Waals surface area contributed by atoms with Crippen LogP contribution < -0.4 is 15.4 Å². The van der Waals surface area contributed by atoms with Gasteiger partial charge in [-0.15, -0.1) is 11.3 Å². The van der Waals surface area contributed by atoms with Crippen LogP contribution >= 0.6 is 11.3 Å². The molecule has 73 heavy (non-hydrogen) atoms. The third-order valence-corrected chi connectivity index (χ3v) is 13.9. The summed E-state index contributed by atoms with van der Waals surface area (Å²) in [6.07, 6.45) is -0.210. The average Bonchev–Trinajstić information content (AvgIpc) is 4.06. The third kappa shape index (κ3) is 14.5. The van der Waals surface area contributed by atoms with E-state index in [1.807, 2.05) is 88.0 Å². The van der Waals surface area contributed by atoms with Crippen LogP contribution in [0.25, 0.3) is 21.3 Å². The molecular weight excluding hydrogens is 966 g/mol. The standard InChI is InChI=1S/C54H69F3N6O9S/c1-33-24-40-39-10-8-9-11-43(39)60-47(40)48(63(33)31-54(6,7)57)46-41(55)26-38(27-42(46)56)72-23-22-70-19-18-68-16-17-69-20-21-71-30-45(65)61-50(53(3,4)5)52(67)62-29-37(64)25-44(62)51(66)58-28-35-12-14-36(15-13-35)49-34(2)59-32-73-49/h8-15,26-27,32-33,37,44,48,50,60,64H,16-25,28-31H2,1-7H3,(H,58,66)(H,61,65)/t33-,37-,44+,48-,50-/m1/s1. The van der Waals surface area contributed by atoms with E-state index in [4.69, 9.17) is 23.7 Å². The van der Waals surface area contributed by atoms with Crippen LogP contribution in [0.2, 0.25) is 0 Å². The Labute approximate surface area is 429 Å². The predicted octanol–water partition coefficient (Wildman–Crippen LogP) is 7.22. The molecule has 1 saturated heterocycles. The minimum Gasteiger partial charge on any atom is -0.491 e. The molecule has 7 rings (SSSR count). The number of halogens is 3. The molecule has 2 aliphatic rings. The van der Waals surface area contributed by atoms with Crippen LogP contribution in [0.15, 0.2) is 66.2 Å². The second-order valence-corrected chi connectivity index (χ2v) is 21.2. The van der Waals surface area contributed by atoms with Gasteiger partial charge in [-0.3, -0.25) is 19.3 Å². The summed E-state index contributed by atoms with van der Waals surface area (Å²) in [7, 11) is 0. The molecule has 19 heteroatoms. The van der Waals surface area contributed by atoms with E-state index in [1.54, 1.807) is 16.8 Å². The molecule has 0 bridgehead atoms. The fourth-order valence-corrected chi connectivity index (χ4v) is 10.2. The van der Waals surface area contributed by atoms with Gasteiger partial charge in [0.2, 0.25) is 17.7 Å². The Kier molecular flexibility index (Phi) is 18.8. The van der Waals surface area contributed by atoms with Gasteiger partial charge in [-0.1, -0.05) is 63.2 Å². The Morgan fingerprint density at radius 2 is 1.53 bits per heavy atom. The van der Waals surface area contributed by atoms with Gasteiger partial charge in [0, 0.05) is 66.4 Å². The van der Waals surface area contributed by atoms with Crippen LogP contribution in [0.3, 0.4) is 0 Å². The lowest BCUT2D eigenvalue weighted by Crippen LogP contribution is -2.58. The highest BCUT2D eigenvalue weighted by molar-refractivity contribution is 7.13. The first kappa shape index (κ1) is 55.3. The van der Waals surface area contributed by atoms with Crippen molar-refractivity contribution >= 4 is 40.0 Å². The van der Waals surface area contributed by atoms with Crippen molar-refractivity contribution in [3.05, 3.63) is 106 Å². The number of aliphatic hydroxyl groups is 1. The molecule has 0 aliphatic carbocycles. The number of aryl methyl sites for hydroxylation is 1. The number of hydrogen-bond acceptors (Lipinski definition) is 12. The van der Waals surface area contributed by atoms with Gasteiger partial charge in [-0.05, 0) is 62.3 Å². The molecule has 2 aliphatic heterocycles. The molecule has 3 amide bonds. The molecule has 0 unspecified atom stereocenters. The van der Waals surface area contributed by atoms with Crippen molar-refractivity contribution in [2.75, 3.05) is 72.6 Å². The summed E-state index contributed by atoms with van der Waals surface area (Å²) in [4.78, 5) is 52.3. The summed E-state index contributed by atoms with van der Waals surface area (Å²) in [5.41, 5.74) is 4.65. The summed E-state index contributed by atoms with van der Waals surface area (Å²) >= 11 is 1.56. The maximum absolute atomic E-state index is 16.0. The number of amides is 3. The van der Waals surface area contributed by atoms with Crippen LogP contribution in [0.5, 0.6) is 5.75 Å². The summed E-state index contributed by atoms with van der Waals surface area (Å²) < 4.78 is 74.9. The number of thiazole rings is 1. The van der Waals surface area contributed by atoms with Crippen molar-refractivity contribution in [2.24, 2.45) is 5.41 Å². The summed E-state index contributed by atoms with van der Waals surface area (Å²) in [5.74, 6) is -2.94. The molecule has 0 spiro atoms. The first-order chi connectivity index (χ1) is 34.8. The number of carbonyl (C=O) groups excluding carboxylic acids is 3. The van der Waals surface area contributed by atoms with Gasteiger partial charge in [0.1, 0.15) is 48.4 Å². The SMILES string of the molecule is Cc1ncsc1-c1ccc(CNC(=O)[C@@H]2C[C@@H](O)CN2C(=O)[C@@H](NC(=O)COCCOCCOCCOCCOc2cc(F)c([C@@H]3c4[nH]c5ccccc5c4C[C@@H](C)N3CC(C)(C)F)c(F)c2)C(C)(C)C)cc1. The lowest BCUT2D eigenvalue weighted by molar-refractivity contribution is -0.144. The van der Waals surface area contributed by atoms with Crippen molar-refractivity contribution in [1.82, 2.24) is 30.4 Å². The van der Waals surface area contributed by atoms with Gasteiger partial charge in [0.25, 0.3) is 0 Å². The highest BCUT2D eigenvalue weighted by atomic mass is 32.1. The van der Waals surface area contributed by atoms with Crippen molar-refractivity contribution in [3.63, 3.8) is 0 Å². The summed E-state index contributed by atoms with van der Waals surface area (Å²) in [6.45, 7) is 13.6. The second kappa shape index (κ2) is 24.7. The van der Waals surface area contributed by atoms with Crippen molar-refractivity contribution in [3.8, 4) is 16.2 Å². The van der Waals surface area contributed by atoms with Crippen LogP contribution in [0, 0.1) is 24.0 Å². The highest BCUT2D eigenvalue weighted by Crippen LogP contribution is 2.44. The Morgan fingerprint density at radius 3 is 2.15 bits per heavy atom. The number of para-hydroxylation sites is 1. The normalized spacial score (nSPS) is 18.8. The monoisotopic (exact) mass is 1030 g/mol. The lowest BCUT2D eigenvalue weighted by atomic mass is 9.85. The molecule has 4 N–H and O–H groups in total. The minimum atomic E-state index is -1.61. The first-order valence-electron chi connectivity index (χ1n) is 24.8. The number of aliphatic hydroxyl groups excluding tert-OH is 1. The molecule has 396 valence electrons. The smallest absolute Gasteiger partial charge is 0.246 e. The lowest BCUT2D eigenvalue weighted by Gasteiger charge is -2.43. The molecule has 5 aromatic rings. The Balaban J connectivity index is 0.762. The summed E-state index contributed by atoms with van der Waals surface area (Å²) in [5, 5.41) is 17.2. The quantitative estimate of drug-likeness (QED) is 0.0460. The molecule has 2 aromatic heterocycles. The predicted molar refractivity (Wildman–Crippen MR) is 272 cm³/mol. The van der Waals surface area contributed by atoms with Gasteiger partial charge in [0.15, 0.2) is 0 Å². The molecule has 4 heterocycles.